The summed E-state index contributed by atoms with van der Waals surface area (Å²) in [5, 5.41) is 3.20. The van der Waals surface area contributed by atoms with Crippen LogP contribution in [0.3, 0.4) is 0 Å². The first-order valence-electron chi connectivity index (χ1n) is 10.7. The van der Waals surface area contributed by atoms with Gasteiger partial charge in [-0.2, -0.15) is 15.0 Å². The Balaban J connectivity index is 1.34. The normalized spacial score (nSPS) is 18.5. The highest BCUT2D eigenvalue weighted by Crippen LogP contribution is 2.38. The largest absolute Gasteiger partial charge is 0.490 e. The Hall–Kier alpha value is -3.39. The predicted octanol–water partition coefficient (Wildman–Crippen LogP) is 3.70. The molecule has 1 atom stereocenters. The van der Waals surface area contributed by atoms with Crippen LogP contribution in [0.25, 0.3) is 0 Å². The van der Waals surface area contributed by atoms with Crippen molar-refractivity contribution in [1.82, 2.24) is 19.9 Å². The number of likely N-dealkylation sites (tertiary alicyclic amines) is 1. The molecule has 8 nitrogen and oxygen atoms in total. The molecule has 31 heavy (non-hydrogen) atoms. The van der Waals surface area contributed by atoms with Crippen LogP contribution in [-0.4, -0.2) is 39.6 Å². The van der Waals surface area contributed by atoms with Gasteiger partial charge in [0.1, 0.15) is 5.82 Å². The molecule has 1 aromatic heterocycles. The summed E-state index contributed by atoms with van der Waals surface area (Å²) < 4.78 is 11.7. The van der Waals surface area contributed by atoms with Gasteiger partial charge in [-0.3, -0.25) is 4.90 Å². The van der Waals surface area contributed by atoms with Crippen molar-refractivity contribution >= 4 is 17.6 Å². The van der Waals surface area contributed by atoms with Crippen molar-refractivity contribution in [3.63, 3.8) is 0 Å². The van der Waals surface area contributed by atoms with Crippen LogP contribution in [0, 0.1) is 0 Å². The van der Waals surface area contributed by atoms with Crippen LogP contribution in [0.5, 0.6) is 11.5 Å². The summed E-state index contributed by atoms with van der Waals surface area (Å²) >= 11 is 0. The second-order valence-electron chi connectivity index (χ2n) is 7.81. The summed E-state index contributed by atoms with van der Waals surface area (Å²) in [5.74, 6) is 3.00. The average Bonchev–Trinajstić information content (AvgIpc) is 3.09. The SMILES string of the molecule is Nc1nc(CN2CCC[C@@H]2c2ccc3c(c2)OCCCO3)nc(Nc2ccccc2)n1. The van der Waals surface area contributed by atoms with Crippen molar-refractivity contribution in [2.75, 3.05) is 30.8 Å². The van der Waals surface area contributed by atoms with E-state index in [-0.39, 0.29) is 12.0 Å². The van der Waals surface area contributed by atoms with Gasteiger partial charge in [-0.05, 0) is 49.2 Å². The van der Waals surface area contributed by atoms with E-state index < -0.39 is 0 Å². The maximum Gasteiger partial charge on any atom is 0.232 e. The van der Waals surface area contributed by atoms with Crippen molar-refractivity contribution < 1.29 is 9.47 Å². The zero-order chi connectivity index (χ0) is 21.0. The lowest BCUT2D eigenvalue weighted by atomic mass is 10.0. The van der Waals surface area contributed by atoms with Crippen LogP contribution < -0.4 is 20.5 Å². The molecule has 0 radical (unpaired) electrons. The van der Waals surface area contributed by atoms with Crippen LogP contribution in [0.15, 0.2) is 48.5 Å². The molecule has 0 saturated carbocycles. The number of aromatic nitrogens is 3. The Morgan fingerprint density at radius 3 is 2.68 bits per heavy atom. The number of nitrogens with one attached hydrogen (secondary N) is 1. The number of ether oxygens (including phenoxy) is 2. The zero-order valence-corrected chi connectivity index (χ0v) is 17.3. The third-order valence-electron chi connectivity index (χ3n) is 5.59. The van der Waals surface area contributed by atoms with E-state index in [1.165, 1.54) is 5.56 Å². The molecule has 0 unspecified atom stereocenters. The van der Waals surface area contributed by atoms with E-state index in [4.69, 9.17) is 15.2 Å². The molecule has 160 valence electrons. The van der Waals surface area contributed by atoms with Crippen LogP contribution in [-0.2, 0) is 6.54 Å². The van der Waals surface area contributed by atoms with E-state index in [0.29, 0.717) is 31.5 Å². The smallest absolute Gasteiger partial charge is 0.232 e. The summed E-state index contributed by atoms with van der Waals surface area (Å²) in [4.78, 5) is 15.6. The quantitative estimate of drug-likeness (QED) is 0.647. The molecular formula is C23H26N6O2. The van der Waals surface area contributed by atoms with Crippen molar-refractivity contribution in [1.29, 1.82) is 0 Å². The first kappa shape index (κ1) is 19.6. The summed E-state index contributed by atoms with van der Waals surface area (Å²) in [6.45, 7) is 2.97. The lowest BCUT2D eigenvalue weighted by Gasteiger charge is -2.25. The van der Waals surface area contributed by atoms with Gasteiger partial charge in [0.2, 0.25) is 11.9 Å². The average molecular weight is 419 g/mol. The molecule has 5 rings (SSSR count). The van der Waals surface area contributed by atoms with Gasteiger partial charge in [0.05, 0.1) is 19.8 Å². The Kier molecular flexibility index (Phi) is 5.54. The van der Waals surface area contributed by atoms with E-state index in [9.17, 15) is 0 Å². The second kappa shape index (κ2) is 8.77. The summed E-state index contributed by atoms with van der Waals surface area (Å²) in [6, 6.07) is 16.4. The van der Waals surface area contributed by atoms with Crippen LogP contribution in [0.1, 0.15) is 36.7 Å². The molecule has 0 spiro atoms. The summed E-state index contributed by atoms with van der Waals surface area (Å²) in [6.07, 6.45) is 3.10. The monoisotopic (exact) mass is 418 g/mol. The van der Waals surface area contributed by atoms with Crippen molar-refractivity contribution in [3.05, 3.63) is 59.9 Å². The summed E-state index contributed by atoms with van der Waals surface area (Å²) in [7, 11) is 0. The van der Waals surface area contributed by atoms with Gasteiger partial charge >= 0.3 is 0 Å². The van der Waals surface area contributed by atoms with E-state index in [0.717, 1.165) is 43.0 Å². The fourth-order valence-electron chi connectivity index (χ4n) is 4.18. The van der Waals surface area contributed by atoms with Crippen LogP contribution >= 0.6 is 0 Å². The molecule has 0 amide bonds. The minimum atomic E-state index is 0.217. The highest BCUT2D eigenvalue weighted by molar-refractivity contribution is 5.53. The molecular weight excluding hydrogens is 392 g/mol. The topological polar surface area (TPSA) is 98.4 Å². The van der Waals surface area contributed by atoms with Crippen molar-refractivity contribution in [3.8, 4) is 11.5 Å². The second-order valence-corrected chi connectivity index (χ2v) is 7.81. The molecule has 3 N–H and O–H groups in total. The number of fused-ring (bicyclic) bond motifs is 1. The number of nitrogens with zero attached hydrogens (tertiary/aromatic N) is 4. The third kappa shape index (κ3) is 4.54. The Morgan fingerprint density at radius 2 is 1.81 bits per heavy atom. The number of rotatable bonds is 5. The number of nitrogens with two attached hydrogens (primary N) is 1. The number of hydrogen-bond acceptors (Lipinski definition) is 8. The van der Waals surface area contributed by atoms with E-state index in [1.54, 1.807) is 0 Å². The first-order chi connectivity index (χ1) is 15.2. The molecule has 1 fully saturated rings. The highest BCUT2D eigenvalue weighted by atomic mass is 16.5. The summed E-state index contributed by atoms with van der Waals surface area (Å²) in [5.41, 5.74) is 8.11. The molecule has 0 bridgehead atoms. The van der Waals surface area contributed by atoms with Gasteiger partial charge in [-0.1, -0.05) is 24.3 Å². The molecule has 0 aliphatic carbocycles. The van der Waals surface area contributed by atoms with Gasteiger partial charge in [-0.25, -0.2) is 0 Å². The maximum absolute atomic E-state index is 5.97. The number of para-hydroxylation sites is 1. The van der Waals surface area contributed by atoms with Crippen molar-refractivity contribution in [2.45, 2.75) is 31.8 Å². The van der Waals surface area contributed by atoms with Gasteiger partial charge in [-0.15, -0.1) is 0 Å². The van der Waals surface area contributed by atoms with Gasteiger partial charge < -0.3 is 20.5 Å². The zero-order valence-electron chi connectivity index (χ0n) is 17.3. The number of hydrogen-bond donors (Lipinski definition) is 2. The standard InChI is InChI=1S/C23H26N6O2/c24-22-26-21(27-23(28-22)25-17-6-2-1-3-7-17)15-29-11-4-8-18(29)16-9-10-19-20(14-16)31-13-5-12-30-19/h1-3,6-7,9-10,14,18H,4-5,8,11-13,15H2,(H3,24,25,26,27,28)/t18-/m1/s1. The number of anilines is 3. The Morgan fingerprint density at radius 1 is 0.968 bits per heavy atom. The Bertz CT molecular complexity index is 1050. The molecule has 3 heterocycles. The first-order valence-corrected chi connectivity index (χ1v) is 10.7. The fourth-order valence-corrected chi connectivity index (χ4v) is 4.18. The lowest BCUT2D eigenvalue weighted by Crippen LogP contribution is -2.24. The van der Waals surface area contributed by atoms with Crippen LogP contribution in [0.4, 0.5) is 17.6 Å². The number of nitrogen functional groups attached to an aromatic ring is 1. The number of benzene rings is 2. The highest BCUT2D eigenvalue weighted by Gasteiger charge is 2.28. The molecule has 2 aromatic carbocycles. The maximum atomic E-state index is 5.97. The molecule has 3 aromatic rings. The minimum Gasteiger partial charge on any atom is -0.490 e. The fraction of sp³-hybridized carbons (Fsp3) is 0.348. The molecule has 2 aliphatic heterocycles. The van der Waals surface area contributed by atoms with Gasteiger partial charge in [0.25, 0.3) is 0 Å². The third-order valence-corrected chi connectivity index (χ3v) is 5.59. The lowest BCUT2D eigenvalue weighted by molar-refractivity contribution is 0.241. The van der Waals surface area contributed by atoms with E-state index in [2.05, 4.69) is 37.3 Å². The van der Waals surface area contributed by atoms with Gasteiger partial charge in [0.15, 0.2) is 11.5 Å². The Labute approximate surface area is 181 Å². The minimum absolute atomic E-state index is 0.217. The van der Waals surface area contributed by atoms with E-state index in [1.807, 2.05) is 36.4 Å². The van der Waals surface area contributed by atoms with Crippen molar-refractivity contribution in [2.24, 2.45) is 0 Å². The molecule has 8 heteroatoms. The predicted molar refractivity (Wildman–Crippen MR) is 118 cm³/mol. The van der Waals surface area contributed by atoms with Gasteiger partial charge in [0, 0.05) is 18.2 Å². The van der Waals surface area contributed by atoms with Crippen LogP contribution in [0.2, 0.25) is 0 Å². The van der Waals surface area contributed by atoms with E-state index >= 15 is 0 Å². The molecule has 2 aliphatic rings. The molecule has 1 saturated heterocycles.